The standard InChI is InChI=1S/C30H32N6O/c37-29(33-20-25-12-14-28(32-19-25)35-17-6-1-2-7-18-35)15-13-27-23-36(22-24-9-4-3-5-10-24)34-30(27)26-11-8-16-31-21-26/h3-5,8-16,19,21,23H,1-2,6-7,17-18,20,22H2,(H,33,37)/b15-13+. The molecule has 37 heavy (non-hydrogen) atoms. The van der Waals surface area contributed by atoms with Crippen molar-refractivity contribution in [2.45, 2.75) is 38.8 Å². The van der Waals surface area contributed by atoms with Crippen molar-refractivity contribution in [3.05, 3.63) is 102 Å². The molecular formula is C30H32N6O. The van der Waals surface area contributed by atoms with Crippen LogP contribution >= 0.6 is 0 Å². The third kappa shape index (κ3) is 6.70. The molecule has 1 fully saturated rings. The van der Waals surface area contributed by atoms with Gasteiger partial charge in [0.1, 0.15) is 11.5 Å². The van der Waals surface area contributed by atoms with E-state index in [1.165, 1.54) is 25.7 Å². The normalized spacial score (nSPS) is 14.0. The molecule has 1 aliphatic heterocycles. The van der Waals surface area contributed by atoms with Crippen molar-refractivity contribution in [2.24, 2.45) is 0 Å². The van der Waals surface area contributed by atoms with Gasteiger partial charge in [0.2, 0.25) is 5.91 Å². The molecule has 0 saturated carbocycles. The Bertz CT molecular complexity index is 1310. The Morgan fingerprint density at radius 3 is 2.49 bits per heavy atom. The van der Waals surface area contributed by atoms with Gasteiger partial charge in [-0.05, 0) is 48.2 Å². The molecule has 0 unspecified atom stereocenters. The maximum atomic E-state index is 12.6. The van der Waals surface area contributed by atoms with Crippen molar-refractivity contribution in [1.82, 2.24) is 25.1 Å². The fourth-order valence-electron chi connectivity index (χ4n) is 4.56. The third-order valence-electron chi connectivity index (χ3n) is 6.53. The number of nitrogens with zero attached hydrogens (tertiary/aromatic N) is 5. The number of rotatable bonds is 8. The van der Waals surface area contributed by atoms with Crippen molar-refractivity contribution in [1.29, 1.82) is 0 Å². The van der Waals surface area contributed by atoms with Gasteiger partial charge in [-0.15, -0.1) is 0 Å². The number of pyridine rings is 2. The van der Waals surface area contributed by atoms with Crippen molar-refractivity contribution in [3.8, 4) is 11.3 Å². The molecule has 3 aromatic heterocycles. The molecule has 4 aromatic rings. The van der Waals surface area contributed by atoms with Crippen LogP contribution in [0.3, 0.4) is 0 Å². The largest absolute Gasteiger partial charge is 0.357 e. The van der Waals surface area contributed by atoms with Crippen LogP contribution < -0.4 is 10.2 Å². The van der Waals surface area contributed by atoms with Crippen LogP contribution in [0.1, 0.15) is 42.4 Å². The van der Waals surface area contributed by atoms with Crippen LogP contribution in [0.15, 0.2) is 85.5 Å². The minimum Gasteiger partial charge on any atom is -0.357 e. The Kier molecular flexibility index (Phi) is 8.01. The highest BCUT2D eigenvalue weighted by atomic mass is 16.1. The van der Waals surface area contributed by atoms with Gasteiger partial charge in [-0.25, -0.2) is 4.98 Å². The summed E-state index contributed by atoms with van der Waals surface area (Å²) >= 11 is 0. The van der Waals surface area contributed by atoms with E-state index in [0.717, 1.165) is 46.9 Å². The van der Waals surface area contributed by atoms with Gasteiger partial charge in [0.25, 0.3) is 0 Å². The fraction of sp³-hybridized carbons (Fsp3) is 0.267. The van der Waals surface area contributed by atoms with E-state index in [4.69, 9.17) is 5.10 Å². The van der Waals surface area contributed by atoms with Gasteiger partial charge in [0.05, 0.1) is 6.54 Å². The quantitative estimate of drug-likeness (QED) is 0.347. The van der Waals surface area contributed by atoms with Crippen LogP contribution in [0, 0.1) is 0 Å². The Hall–Kier alpha value is -4.26. The van der Waals surface area contributed by atoms with E-state index in [9.17, 15) is 4.79 Å². The van der Waals surface area contributed by atoms with Crippen molar-refractivity contribution >= 4 is 17.8 Å². The van der Waals surface area contributed by atoms with Gasteiger partial charge in [0.15, 0.2) is 0 Å². The van der Waals surface area contributed by atoms with E-state index in [0.29, 0.717) is 13.1 Å². The summed E-state index contributed by atoms with van der Waals surface area (Å²) in [7, 11) is 0. The minimum absolute atomic E-state index is 0.162. The minimum atomic E-state index is -0.162. The number of hydrogen-bond donors (Lipinski definition) is 1. The van der Waals surface area contributed by atoms with Gasteiger partial charge in [0, 0.05) is 61.6 Å². The molecule has 0 spiro atoms. The van der Waals surface area contributed by atoms with Gasteiger partial charge >= 0.3 is 0 Å². The Morgan fingerprint density at radius 2 is 1.76 bits per heavy atom. The summed E-state index contributed by atoms with van der Waals surface area (Å²) < 4.78 is 1.90. The summed E-state index contributed by atoms with van der Waals surface area (Å²) in [6, 6.07) is 18.2. The Labute approximate surface area is 217 Å². The average molecular weight is 493 g/mol. The summed E-state index contributed by atoms with van der Waals surface area (Å²) in [5, 5.41) is 7.75. The summed E-state index contributed by atoms with van der Waals surface area (Å²) in [6.07, 6.45) is 15.8. The molecule has 1 N–H and O–H groups in total. The van der Waals surface area contributed by atoms with Gasteiger partial charge in [-0.1, -0.05) is 49.2 Å². The molecular weight excluding hydrogens is 460 g/mol. The highest BCUT2D eigenvalue weighted by molar-refractivity contribution is 5.92. The molecule has 0 aliphatic carbocycles. The molecule has 1 saturated heterocycles. The highest BCUT2D eigenvalue weighted by Crippen LogP contribution is 2.23. The summed E-state index contributed by atoms with van der Waals surface area (Å²) in [5.41, 5.74) is 4.70. The highest BCUT2D eigenvalue weighted by Gasteiger charge is 2.12. The first-order chi connectivity index (χ1) is 18.2. The van der Waals surface area contributed by atoms with Crippen LogP contribution in [0.25, 0.3) is 17.3 Å². The van der Waals surface area contributed by atoms with Crippen LogP contribution in [-0.4, -0.2) is 38.7 Å². The van der Waals surface area contributed by atoms with Crippen LogP contribution in [0.2, 0.25) is 0 Å². The smallest absolute Gasteiger partial charge is 0.244 e. The number of carbonyl (C=O) groups excluding carboxylic acids is 1. The summed E-state index contributed by atoms with van der Waals surface area (Å²) in [6.45, 7) is 3.21. The van der Waals surface area contributed by atoms with Gasteiger partial charge in [-0.2, -0.15) is 5.10 Å². The zero-order valence-electron chi connectivity index (χ0n) is 21.0. The van der Waals surface area contributed by atoms with E-state index < -0.39 is 0 Å². The molecule has 7 nitrogen and oxygen atoms in total. The van der Waals surface area contributed by atoms with E-state index in [1.807, 2.05) is 59.5 Å². The molecule has 188 valence electrons. The number of amides is 1. The number of benzene rings is 1. The second-order valence-electron chi connectivity index (χ2n) is 9.33. The second-order valence-corrected chi connectivity index (χ2v) is 9.33. The predicted molar refractivity (Wildman–Crippen MR) is 147 cm³/mol. The van der Waals surface area contributed by atoms with E-state index >= 15 is 0 Å². The summed E-state index contributed by atoms with van der Waals surface area (Å²) in [4.78, 5) is 23.8. The lowest BCUT2D eigenvalue weighted by Gasteiger charge is -2.21. The first kappa shape index (κ1) is 24.4. The molecule has 7 heteroatoms. The molecule has 4 heterocycles. The first-order valence-electron chi connectivity index (χ1n) is 12.9. The zero-order valence-corrected chi connectivity index (χ0v) is 21.0. The van der Waals surface area contributed by atoms with Crippen molar-refractivity contribution < 1.29 is 4.79 Å². The van der Waals surface area contributed by atoms with E-state index in [1.54, 1.807) is 18.5 Å². The van der Waals surface area contributed by atoms with Crippen LogP contribution in [-0.2, 0) is 17.9 Å². The van der Waals surface area contributed by atoms with Crippen LogP contribution in [0.4, 0.5) is 5.82 Å². The fourth-order valence-corrected chi connectivity index (χ4v) is 4.56. The molecule has 1 amide bonds. The summed E-state index contributed by atoms with van der Waals surface area (Å²) in [5.74, 6) is 0.858. The third-order valence-corrected chi connectivity index (χ3v) is 6.53. The molecule has 0 bridgehead atoms. The molecule has 0 atom stereocenters. The van der Waals surface area contributed by atoms with Gasteiger partial charge in [-0.3, -0.25) is 14.5 Å². The zero-order chi connectivity index (χ0) is 25.3. The lowest BCUT2D eigenvalue weighted by atomic mass is 10.1. The molecule has 0 radical (unpaired) electrons. The first-order valence-corrected chi connectivity index (χ1v) is 12.9. The number of anilines is 1. The lowest BCUT2D eigenvalue weighted by molar-refractivity contribution is -0.116. The maximum Gasteiger partial charge on any atom is 0.244 e. The molecule has 1 aliphatic rings. The Balaban J connectivity index is 1.23. The lowest BCUT2D eigenvalue weighted by Crippen LogP contribution is -2.25. The van der Waals surface area contributed by atoms with Gasteiger partial charge < -0.3 is 10.2 Å². The second kappa shape index (κ2) is 12.1. The Morgan fingerprint density at radius 1 is 0.919 bits per heavy atom. The van der Waals surface area contributed by atoms with E-state index in [-0.39, 0.29) is 5.91 Å². The number of nitrogens with one attached hydrogen (secondary N) is 1. The molecule has 1 aromatic carbocycles. The van der Waals surface area contributed by atoms with Crippen LogP contribution in [0.5, 0.6) is 0 Å². The average Bonchev–Trinajstić information content (AvgIpc) is 3.15. The van der Waals surface area contributed by atoms with Crippen molar-refractivity contribution in [3.63, 3.8) is 0 Å². The topological polar surface area (TPSA) is 75.9 Å². The van der Waals surface area contributed by atoms with Crippen molar-refractivity contribution in [2.75, 3.05) is 18.0 Å². The number of hydrogen-bond acceptors (Lipinski definition) is 5. The number of carbonyl (C=O) groups is 1. The SMILES string of the molecule is O=C(/C=C/c1cn(Cc2ccccc2)nc1-c1cccnc1)NCc1ccc(N2CCCCCC2)nc1. The monoisotopic (exact) mass is 492 g/mol. The number of aromatic nitrogens is 4. The predicted octanol–water partition coefficient (Wildman–Crippen LogP) is 5.10. The van der Waals surface area contributed by atoms with E-state index in [2.05, 4.69) is 38.4 Å². The molecule has 5 rings (SSSR count). The maximum absolute atomic E-state index is 12.6.